The molecule has 1 unspecified atom stereocenters. The normalized spacial score (nSPS) is 13.5. The van der Waals surface area contributed by atoms with Crippen molar-refractivity contribution >= 4 is 12.6 Å². The highest BCUT2D eigenvalue weighted by atomic mass is 32.1. The molecule has 2 nitrogen and oxygen atoms in total. The van der Waals surface area contributed by atoms with E-state index in [1.54, 1.807) is 0 Å². The van der Waals surface area contributed by atoms with Gasteiger partial charge in [-0.1, -0.05) is 12.6 Å². The van der Waals surface area contributed by atoms with Crippen LogP contribution in [0.5, 0.6) is 0 Å². The van der Waals surface area contributed by atoms with Gasteiger partial charge in [-0.2, -0.15) is 0 Å². The minimum atomic E-state index is 0.111. The highest BCUT2D eigenvalue weighted by Crippen LogP contribution is 1.95. The summed E-state index contributed by atoms with van der Waals surface area (Å²) in [7, 11) is 0. The van der Waals surface area contributed by atoms with Crippen LogP contribution < -0.4 is 0 Å². The van der Waals surface area contributed by atoms with Crippen molar-refractivity contribution in [3.05, 3.63) is 0 Å². The van der Waals surface area contributed by atoms with Gasteiger partial charge in [0.05, 0.1) is 12.7 Å². The Hall–Kier alpha value is 0.270. The van der Waals surface area contributed by atoms with Gasteiger partial charge in [0.15, 0.2) is 0 Å². The first-order valence-corrected chi connectivity index (χ1v) is 4.20. The van der Waals surface area contributed by atoms with Crippen LogP contribution in [0.2, 0.25) is 0 Å². The molecule has 0 spiro atoms. The molecule has 0 aromatic heterocycles. The maximum atomic E-state index is 5.26. The second kappa shape index (κ2) is 7.38. The molecular formula is C7H15O2S. The summed E-state index contributed by atoms with van der Waals surface area (Å²) in [5.74, 6) is 0.619. The van der Waals surface area contributed by atoms with Gasteiger partial charge in [-0.25, -0.2) is 0 Å². The second-order valence-corrected chi connectivity index (χ2v) is 2.24. The summed E-state index contributed by atoms with van der Waals surface area (Å²) >= 11 is 4.85. The van der Waals surface area contributed by atoms with Crippen molar-refractivity contribution in [2.75, 3.05) is 25.6 Å². The van der Waals surface area contributed by atoms with Gasteiger partial charge in [0.25, 0.3) is 0 Å². The first-order chi connectivity index (χ1) is 4.85. The quantitative estimate of drug-likeness (QED) is 0.592. The van der Waals surface area contributed by atoms with E-state index in [0.717, 1.165) is 6.61 Å². The number of hydrogen-bond donors (Lipinski definition) is 0. The minimum Gasteiger partial charge on any atom is -0.379 e. The van der Waals surface area contributed by atoms with Gasteiger partial charge >= 0.3 is 0 Å². The zero-order valence-electron chi connectivity index (χ0n) is 6.63. The Morgan fingerprint density at radius 3 is 2.40 bits per heavy atom. The van der Waals surface area contributed by atoms with E-state index in [0.29, 0.717) is 19.0 Å². The fourth-order valence-corrected chi connectivity index (χ4v) is 0.822. The van der Waals surface area contributed by atoms with Crippen LogP contribution in [0.4, 0.5) is 0 Å². The van der Waals surface area contributed by atoms with Crippen LogP contribution in [0, 0.1) is 0 Å². The van der Waals surface area contributed by atoms with Crippen LogP contribution >= 0.6 is 12.6 Å². The van der Waals surface area contributed by atoms with Crippen LogP contribution in [0.25, 0.3) is 0 Å². The van der Waals surface area contributed by atoms with E-state index in [2.05, 4.69) is 0 Å². The first kappa shape index (κ1) is 10.3. The zero-order valence-corrected chi connectivity index (χ0v) is 7.45. The summed E-state index contributed by atoms with van der Waals surface area (Å²) in [6.07, 6.45) is 0.111. The second-order valence-electron chi connectivity index (χ2n) is 1.90. The number of rotatable bonds is 6. The van der Waals surface area contributed by atoms with Crippen molar-refractivity contribution in [1.29, 1.82) is 0 Å². The van der Waals surface area contributed by atoms with E-state index < -0.39 is 0 Å². The zero-order chi connectivity index (χ0) is 7.82. The largest absolute Gasteiger partial charge is 0.379 e. The SMILES string of the molecule is CCOCC(C[S])OCC. The molecule has 0 amide bonds. The molecule has 1 radical (unpaired) electrons. The topological polar surface area (TPSA) is 18.5 Å². The lowest BCUT2D eigenvalue weighted by Gasteiger charge is -2.12. The molecule has 0 N–H and O–H groups in total. The molecule has 61 valence electrons. The fourth-order valence-electron chi connectivity index (χ4n) is 0.629. The van der Waals surface area contributed by atoms with Crippen molar-refractivity contribution < 1.29 is 9.47 Å². The lowest BCUT2D eigenvalue weighted by molar-refractivity contribution is 0.00493. The van der Waals surface area contributed by atoms with Gasteiger partial charge in [0.1, 0.15) is 0 Å². The van der Waals surface area contributed by atoms with Gasteiger partial charge in [-0.15, -0.1) is 0 Å². The molecule has 0 heterocycles. The molecule has 0 rings (SSSR count). The highest BCUT2D eigenvalue weighted by Gasteiger charge is 2.04. The molecule has 0 saturated carbocycles. The summed E-state index contributed by atoms with van der Waals surface area (Å²) < 4.78 is 10.4. The first-order valence-electron chi connectivity index (χ1n) is 3.62. The van der Waals surface area contributed by atoms with E-state index in [4.69, 9.17) is 22.1 Å². The van der Waals surface area contributed by atoms with Gasteiger partial charge in [-0.3, -0.25) is 0 Å². The average molecular weight is 163 g/mol. The highest BCUT2D eigenvalue weighted by molar-refractivity contribution is 7.80. The number of ether oxygens (including phenoxy) is 2. The van der Waals surface area contributed by atoms with Crippen LogP contribution in [0.3, 0.4) is 0 Å². The van der Waals surface area contributed by atoms with Gasteiger partial charge in [-0.05, 0) is 13.8 Å². The molecule has 3 heteroatoms. The van der Waals surface area contributed by atoms with Gasteiger partial charge in [0, 0.05) is 19.0 Å². The van der Waals surface area contributed by atoms with Crippen molar-refractivity contribution in [3.8, 4) is 0 Å². The molecule has 0 bridgehead atoms. The lowest BCUT2D eigenvalue weighted by Crippen LogP contribution is -2.21. The summed E-state index contributed by atoms with van der Waals surface area (Å²) in [5.41, 5.74) is 0. The van der Waals surface area contributed by atoms with E-state index in [-0.39, 0.29) is 6.10 Å². The summed E-state index contributed by atoms with van der Waals surface area (Å²) in [6.45, 7) is 6.01. The fraction of sp³-hybridized carbons (Fsp3) is 1.00. The molecule has 0 aromatic carbocycles. The third-order valence-corrected chi connectivity index (χ3v) is 1.47. The minimum absolute atomic E-state index is 0.111. The monoisotopic (exact) mass is 163 g/mol. The van der Waals surface area contributed by atoms with Crippen molar-refractivity contribution in [3.63, 3.8) is 0 Å². The molecule has 0 saturated heterocycles. The van der Waals surface area contributed by atoms with Crippen LogP contribution in [0.15, 0.2) is 0 Å². The van der Waals surface area contributed by atoms with E-state index >= 15 is 0 Å². The maximum absolute atomic E-state index is 5.26. The van der Waals surface area contributed by atoms with Gasteiger partial charge in [0.2, 0.25) is 0 Å². The van der Waals surface area contributed by atoms with Crippen molar-refractivity contribution in [2.45, 2.75) is 20.0 Å². The maximum Gasteiger partial charge on any atom is 0.0906 e. The summed E-state index contributed by atoms with van der Waals surface area (Å²) in [6, 6.07) is 0. The van der Waals surface area contributed by atoms with E-state index in [1.165, 1.54) is 0 Å². The third-order valence-electron chi connectivity index (χ3n) is 1.10. The van der Waals surface area contributed by atoms with Crippen molar-refractivity contribution in [1.82, 2.24) is 0 Å². The summed E-state index contributed by atoms with van der Waals surface area (Å²) in [4.78, 5) is 0. The van der Waals surface area contributed by atoms with Crippen LogP contribution in [-0.2, 0) is 9.47 Å². The van der Waals surface area contributed by atoms with E-state index in [9.17, 15) is 0 Å². The Bertz CT molecular complexity index is 68.6. The van der Waals surface area contributed by atoms with Crippen LogP contribution in [0.1, 0.15) is 13.8 Å². The van der Waals surface area contributed by atoms with Crippen LogP contribution in [-0.4, -0.2) is 31.7 Å². The molecule has 0 aliphatic heterocycles. The number of hydrogen-bond acceptors (Lipinski definition) is 2. The van der Waals surface area contributed by atoms with Gasteiger partial charge < -0.3 is 9.47 Å². The predicted molar refractivity (Wildman–Crippen MR) is 44.4 cm³/mol. The van der Waals surface area contributed by atoms with E-state index in [1.807, 2.05) is 13.8 Å². The molecule has 0 aliphatic rings. The van der Waals surface area contributed by atoms with Crippen molar-refractivity contribution in [2.24, 2.45) is 0 Å². The molecular weight excluding hydrogens is 148 g/mol. The Morgan fingerprint density at radius 2 is 2.00 bits per heavy atom. The Morgan fingerprint density at radius 1 is 1.30 bits per heavy atom. The smallest absolute Gasteiger partial charge is 0.0906 e. The third kappa shape index (κ3) is 5.09. The predicted octanol–water partition coefficient (Wildman–Crippen LogP) is 1.63. The standard InChI is InChI=1S/C7H15O2S/c1-3-8-5-7(6-10)9-4-2/h7H,3-6H2,1-2H3. The molecule has 1 atom stereocenters. The Kier molecular flexibility index (Phi) is 7.58. The molecule has 0 aromatic rings. The molecule has 10 heavy (non-hydrogen) atoms. The lowest BCUT2D eigenvalue weighted by atomic mass is 10.4. The average Bonchev–Trinajstić information content (AvgIpc) is 1.98. The Labute approximate surface area is 68.3 Å². The Balaban J connectivity index is 3.21. The molecule has 0 aliphatic carbocycles. The summed E-state index contributed by atoms with van der Waals surface area (Å²) in [5, 5.41) is 0. The molecule has 0 fully saturated rings.